The van der Waals surface area contributed by atoms with Crippen LogP contribution in [-0.2, 0) is 11.3 Å². The van der Waals surface area contributed by atoms with Crippen molar-refractivity contribution in [2.45, 2.75) is 39.4 Å². The summed E-state index contributed by atoms with van der Waals surface area (Å²) in [6.45, 7) is 7.27. The Bertz CT molecular complexity index is 540. The maximum absolute atomic E-state index is 12.3. The lowest BCUT2D eigenvalue weighted by molar-refractivity contribution is 0.0755. The number of aliphatic imine (C=N–C) groups is 1. The molecule has 1 rings (SSSR count). The highest BCUT2D eigenvalue weighted by Crippen LogP contribution is 2.09. The highest BCUT2D eigenvalue weighted by Gasteiger charge is 2.14. The zero-order chi connectivity index (χ0) is 18.1. The Morgan fingerprint density at radius 3 is 2.38 bits per heavy atom. The highest BCUT2D eigenvalue weighted by molar-refractivity contribution is 5.94. The van der Waals surface area contributed by atoms with Crippen LogP contribution in [-0.4, -0.2) is 56.7 Å². The van der Waals surface area contributed by atoms with Gasteiger partial charge in [0.2, 0.25) is 0 Å². The molecule has 0 heterocycles. The summed E-state index contributed by atoms with van der Waals surface area (Å²) in [5.41, 5.74) is 1.78. The lowest BCUT2D eigenvalue weighted by atomic mass is 10.1. The third-order valence-corrected chi connectivity index (χ3v) is 3.78. The topological polar surface area (TPSA) is 66.0 Å². The summed E-state index contributed by atoms with van der Waals surface area (Å²) in [7, 11) is 5.23. The summed E-state index contributed by atoms with van der Waals surface area (Å²) < 4.78 is 5.10. The number of guanidine groups is 1. The van der Waals surface area contributed by atoms with Crippen LogP contribution in [0.25, 0.3) is 0 Å². The number of hydrogen-bond donors (Lipinski definition) is 2. The molecule has 0 radical (unpaired) electrons. The van der Waals surface area contributed by atoms with Gasteiger partial charge in [0.1, 0.15) is 0 Å². The first-order chi connectivity index (χ1) is 11.4. The van der Waals surface area contributed by atoms with Gasteiger partial charge in [-0.25, -0.2) is 0 Å². The number of benzene rings is 1. The molecule has 0 aliphatic rings. The van der Waals surface area contributed by atoms with Crippen LogP contribution >= 0.6 is 0 Å². The van der Waals surface area contributed by atoms with Gasteiger partial charge in [0.15, 0.2) is 5.96 Å². The van der Waals surface area contributed by atoms with Gasteiger partial charge in [-0.2, -0.15) is 0 Å². The molecule has 0 aliphatic heterocycles. The van der Waals surface area contributed by atoms with E-state index in [9.17, 15) is 4.79 Å². The first-order valence-electron chi connectivity index (χ1n) is 8.21. The molecule has 0 aromatic heterocycles. The van der Waals surface area contributed by atoms with E-state index in [2.05, 4.69) is 15.6 Å². The summed E-state index contributed by atoms with van der Waals surface area (Å²) in [6.07, 6.45) is 0. The van der Waals surface area contributed by atoms with Gasteiger partial charge >= 0.3 is 0 Å². The quantitative estimate of drug-likeness (QED) is 0.590. The van der Waals surface area contributed by atoms with Crippen molar-refractivity contribution in [1.29, 1.82) is 0 Å². The van der Waals surface area contributed by atoms with Crippen molar-refractivity contribution in [3.63, 3.8) is 0 Å². The standard InChI is InChI=1S/C18H30N4O2/c1-13(2)22(5)17(23)16-9-7-15(8-10-16)11-20-18(19-4)21-14(3)12-24-6/h7-10,13-14H,11-12H2,1-6H3,(H2,19,20,21). The molecule has 24 heavy (non-hydrogen) atoms. The Morgan fingerprint density at radius 1 is 1.25 bits per heavy atom. The second kappa shape index (κ2) is 9.93. The molecule has 2 N–H and O–H groups in total. The average Bonchev–Trinajstić information content (AvgIpc) is 2.57. The summed E-state index contributed by atoms with van der Waals surface area (Å²) in [6, 6.07) is 8.00. The second-order valence-electron chi connectivity index (χ2n) is 6.13. The van der Waals surface area contributed by atoms with Gasteiger partial charge in [0, 0.05) is 45.4 Å². The molecule has 0 saturated carbocycles. The van der Waals surface area contributed by atoms with Crippen molar-refractivity contribution in [3.8, 4) is 0 Å². The molecular weight excluding hydrogens is 304 g/mol. The highest BCUT2D eigenvalue weighted by atomic mass is 16.5. The number of hydrogen-bond acceptors (Lipinski definition) is 3. The van der Waals surface area contributed by atoms with Crippen LogP contribution in [0.3, 0.4) is 0 Å². The molecule has 0 aliphatic carbocycles. The Balaban J connectivity index is 2.59. The summed E-state index contributed by atoms with van der Waals surface area (Å²) in [5, 5.41) is 6.50. The van der Waals surface area contributed by atoms with E-state index in [1.165, 1.54) is 0 Å². The van der Waals surface area contributed by atoms with E-state index < -0.39 is 0 Å². The summed E-state index contributed by atoms with van der Waals surface area (Å²) in [4.78, 5) is 18.2. The lowest BCUT2D eigenvalue weighted by Gasteiger charge is -2.21. The molecule has 6 heteroatoms. The Labute approximate surface area is 145 Å². The number of carbonyl (C=O) groups excluding carboxylic acids is 1. The second-order valence-corrected chi connectivity index (χ2v) is 6.13. The third-order valence-electron chi connectivity index (χ3n) is 3.78. The minimum absolute atomic E-state index is 0.0374. The monoisotopic (exact) mass is 334 g/mol. The first kappa shape index (κ1) is 20.0. The number of methoxy groups -OCH3 is 1. The Kier molecular flexibility index (Phi) is 8.26. The zero-order valence-electron chi connectivity index (χ0n) is 15.6. The van der Waals surface area contributed by atoms with Gasteiger partial charge in [0.25, 0.3) is 5.91 Å². The molecule has 0 spiro atoms. The van der Waals surface area contributed by atoms with Crippen molar-refractivity contribution >= 4 is 11.9 Å². The zero-order valence-corrected chi connectivity index (χ0v) is 15.6. The van der Waals surface area contributed by atoms with Crippen LogP contribution in [0.5, 0.6) is 0 Å². The minimum Gasteiger partial charge on any atom is -0.383 e. The van der Waals surface area contributed by atoms with Gasteiger partial charge < -0.3 is 20.3 Å². The number of ether oxygens (including phenoxy) is 1. The Hall–Kier alpha value is -2.08. The van der Waals surface area contributed by atoms with Crippen LogP contribution in [0.1, 0.15) is 36.7 Å². The van der Waals surface area contributed by atoms with E-state index in [1.54, 1.807) is 19.1 Å². The van der Waals surface area contributed by atoms with Crippen molar-refractivity contribution in [2.75, 3.05) is 27.8 Å². The van der Waals surface area contributed by atoms with Gasteiger partial charge in [-0.1, -0.05) is 12.1 Å². The average molecular weight is 334 g/mol. The molecule has 1 unspecified atom stereocenters. The minimum atomic E-state index is 0.0374. The van der Waals surface area contributed by atoms with E-state index in [4.69, 9.17) is 4.74 Å². The molecule has 6 nitrogen and oxygen atoms in total. The van der Waals surface area contributed by atoms with Crippen LogP contribution in [0.15, 0.2) is 29.3 Å². The van der Waals surface area contributed by atoms with Gasteiger partial charge in [-0.15, -0.1) is 0 Å². The van der Waals surface area contributed by atoms with Gasteiger partial charge in [0.05, 0.1) is 6.61 Å². The van der Waals surface area contributed by atoms with Crippen LogP contribution < -0.4 is 10.6 Å². The first-order valence-corrected chi connectivity index (χ1v) is 8.21. The van der Waals surface area contributed by atoms with Crippen LogP contribution in [0.4, 0.5) is 0 Å². The van der Waals surface area contributed by atoms with Crippen molar-refractivity contribution in [1.82, 2.24) is 15.5 Å². The summed E-state index contributed by atoms with van der Waals surface area (Å²) >= 11 is 0. The third kappa shape index (κ3) is 6.20. The molecule has 134 valence electrons. The lowest BCUT2D eigenvalue weighted by Crippen LogP contribution is -2.43. The number of rotatable bonds is 7. The molecule has 0 bridgehead atoms. The van der Waals surface area contributed by atoms with Crippen molar-refractivity contribution < 1.29 is 9.53 Å². The molecular formula is C18H30N4O2. The Morgan fingerprint density at radius 2 is 1.88 bits per heavy atom. The smallest absolute Gasteiger partial charge is 0.253 e. The molecule has 1 aromatic carbocycles. The van der Waals surface area contributed by atoms with E-state index in [0.29, 0.717) is 18.7 Å². The maximum Gasteiger partial charge on any atom is 0.253 e. The van der Waals surface area contributed by atoms with E-state index in [-0.39, 0.29) is 18.0 Å². The SMILES string of the molecule is CN=C(NCc1ccc(C(=O)N(C)C(C)C)cc1)NC(C)COC. The van der Waals surface area contributed by atoms with E-state index >= 15 is 0 Å². The fourth-order valence-corrected chi connectivity index (χ4v) is 2.11. The number of nitrogens with zero attached hydrogens (tertiary/aromatic N) is 2. The normalized spacial score (nSPS) is 12.9. The maximum atomic E-state index is 12.3. The largest absolute Gasteiger partial charge is 0.383 e. The fourth-order valence-electron chi connectivity index (χ4n) is 2.11. The van der Waals surface area contributed by atoms with Gasteiger partial charge in [-0.3, -0.25) is 9.79 Å². The van der Waals surface area contributed by atoms with Crippen LogP contribution in [0.2, 0.25) is 0 Å². The van der Waals surface area contributed by atoms with Gasteiger partial charge in [-0.05, 0) is 38.5 Å². The fraction of sp³-hybridized carbons (Fsp3) is 0.556. The number of carbonyl (C=O) groups is 1. The van der Waals surface area contributed by atoms with E-state index in [1.807, 2.05) is 52.1 Å². The molecule has 0 fully saturated rings. The summed E-state index contributed by atoms with van der Waals surface area (Å²) in [5.74, 6) is 0.759. The van der Waals surface area contributed by atoms with Crippen molar-refractivity contribution in [2.24, 2.45) is 4.99 Å². The predicted octanol–water partition coefficient (Wildman–Crippen LogP) is 1.87. The molecule has 1 atom stereocenters. The number of nitrogens with one attached hydrogen (secondary N) is 2. The number of amides is 1. The molecule has 1 amide bonds. The van der Waals surface area contributed by atoms with E-state index in [0.717, 1.165) is 11.5 Å². The molecule has 1 aromatic rings. The van der Waals surface area contributed by atoms with Crippen LogP contribution in [0, 0.1) is 0 Å². The van der Waals surface area contributed by atoms with Crippen molar-refractivity contribution in [3.05, 3.63) is 35.4 Å². The molecule has 0 saturated heterocycles. The predicted molar refractivity (Wildman–Crippen MR) is 98.3 cm³/mol.